The van der Waals surface area contributed by atoms with Crippen LogP contribution in [0.4, 0.5) is 0 Å². The number of carbonyl (C=O) groups is 8. The number of likely N-dealkylation sites (tertiary alicyclic amines) is 1. The Kier molecular flexibility index (Phi) is 15.9. The summed E-state index contributed by atoms with van der Waals surface area (Å²) in [4.78, 5) is 110. The van der Waals surface area contributed by atoms with E-state index < -0.39 is 109 Å². The minimum atomic E-state index is -1.67. The number of aromatic amines is 1. The standard InChI is InChI=1S/C37H49N9O11S/c1-5-9-39-28(48)13-25(36(54)46-16-19(47)10-27(46)37(55)56)43-33(52)26-17-58-35-22(21-8-7-20(57-4)11-24(21)44-35)12-23(38)32(51)40-15-30(50)45-31(18(3)6-2)34(53)41-14-29(49)42-26/h1,7-8,11,18-19,23,25-27,31,44,47H,6,9-10,12-17,38H2,2-4H3,(H,39,48)(H,40,51)(H,41,53)(H,42,49)(H,43,52)(H,45,50)(H,55,56)/t18-,19+,23+,25+,26+,27-,31-/m0/s1. The first-order valence-electron chi connectivity index (χ1n) is 18.5. The molecule has 21 heteroatoms. The van der Waals surface area contributed by atoms with E-state index in [1.54, 1.807) is 32.0 Å². The molecule has 0 spiro atoms. The fourth-order valence-electron chi connectivity index (χ4n) is 6.44. The summed E-state index contributed by atoms with van der Waals surface area (Å²) in [6, 6.07) is -1.68. The number of aliphatic carboxylic acids is 1. The van der Waals surface area contributed by atoms with E-state index in [-0.39, 0.29) is 31.7 Å². The fraction of sp³-hybridized carbons (Fsp3) is 0.514. The molecule has 2 aliphatic heterocycles. The van der Waals surface area contributed by atoms with E-state index in [0.717, 1.165) is 16.7 Å². The van der Waals surface area contributed by atoms with Crippen LogP contribution < -0.4 is 42.4 Å². The highest BCUT2D eigenvalue weighted by atomic mass is 32.2. The van der Waals surface area contributed by atoms with E-state index in [2.05, 4.69) is 42.8 Å². The lowest BCUT2D eigenvalue weighted by Gasteiger charge is -2.28. The Balaban J connectivity index is 1.72. The maximum atomic E-state index is 14.1. The number of nitrogens with two attached hydrogens (primary N) is 1. The van der Waals surface area contributed by atoms with Gasteiger partial charge in [0.15, 0.2) is 0 Å². The molecule has 0 saturated carbocycles. The van der Waals surface area contributed by atoms with Gasteiger partial charge in [0.2, 0.25) is 41.4 Å². The number of hydrogen-bond acceptors (Lipinski definition) is 12. The van der Waals surface area contributed by atoms with Gasteiger partial charge in [-0.1, -0.05) is 26.2 Å². The summed E-state index contributed by atoms with van der Waals surface area (Å²) in [5.41, 5.74) is 7.49. The first kappa shape index (κ1) is 44.9. The van der Waals surface area contributed by atoms with Crippen LogP contribution >= 0.6 is 11.8 Å². The predicted octanol–water partition coefficient (Wildman–Crippen LogP) is -2.93. The van der Waals surface area contributed by atoms with Gasteiger partial charge in [-0.25, -0.2) is 4.79 Å². The van der Waals surface area contributed by atoms with E-state index in [1.807, 2.05) is 0 Å². The Labute approximate surface area is 337 Å². The summed E-state index contributed by atoms with van der Waals surface area (Å²) < 4.78 is 5.36. The number of aliphatic hydroxyl groups is 1. The summed E-state index contributed by atoms with van der Waals surface area (Å²) in [6.07, 6.45) is 3.54. The molecular formula is C37H49N9O11S. The third kappa shape index (κ3) is 11.6. The molecule has 1 aromatic carbocycles. The SMILES string of the molecule is C#CCNC(=O)C[C@@H](NC(=O)[C@H]1CSc2[nH]c3cc(OC)ccc3c2C[C@@H](N)C(=O)NCC(=O)N[C@@H]([C@@H](C)CC)C(=O)NCC(=O)N1)C(=O)N1C[C@H](O)C[C@H]1C(=O)O. The molecular weight excluding hydrogens is 779 g/mol. The third-order valence-corrected chi connectivity index (χ3v) is 10.9. The smallest absolute Gasteiger partial charge is 0.326 e. The van der Waals surface area contributed by atoms with E-state index in [9.17, 15) is 48.6 Å². The summed E-state index contributed by atoms with van der Waals surface area (Å²) in [6.45, 7) is 1.81. The molecule has 20 nitrogen and oxygen atoms in total. The molecule has 1 saturated heterocycles. The molecule has 7 amide bonds. The number of benzene rings is 1. The molecule has 314 valence electrons. The number of carboxylic acid groups (broad SMARTS) is 1. The van der Waals surface area contributed by atoms with Gasteiger partial charge in [-0.3, -0.25) is 33.6 Å². The maximum Gasteiger partial charge on any atom is 0.326 e. The van der Waals surface area contributed by atoms with Gasteiger partial charge in [-0.2, -0.15) is 0 Å². The summed E-state index contributed by atoms with van der Waals surface area (Å²) in [5.74, 6) is -4.84. The van der Waals surface area contributed by atoms with Gasteiger partial charge in [0, 0.05) is 30.2 Å². The van der Waals surface area contributed by atoms with E-state index >= 15 is 0 Å². The van der Waals surface area contributed by atoms with Gasteiger partial charge in [-0.05, 0) is 30.0 Å². The lowest BCUT2D eigenvalue weighted by Crippen LogP contribution is -2.58. The van der Waals surface area contributed by atoms with Crippen LogP contribution in [-0.4, -0.2) is 143 Å². The summed E-state index contributed by atoms with van der Waals surface area (Å²) in [5, 5.41) is 36.0. The number of terminal acetylenes is 1. The van der Waals surface area contributed by atoms with Crippen molar-refractivity contribution in [2.45, 2.75) is 80.9 Å². The zero-order valence-corrected chi connectivity index (χ0v) is 33.0. The van der Waals surface area contributed by atoms with E-state index in [0.29, 0.717) is 33.7 Å². The number of methoxy groups -OCH3 is 1. The zero-order chi connectivity index (χ0) is 42.7. The molecule has 7 atom stereocenters. The van der Waals surface area contributed by atoms with Crippen LogP contribution in [0, 0.1) is 18.3 Å². The number of aliphatic hydroxyl groups excluding tert-OH is 1. The normalized spacial score (nSPS) is 23.3. The number of H-pyrrole nitrogens is 1. The van der Waals surface area contributed by atoms with Gasteiger partial charge >= 0.3 is 5.97 Å². The van der Waals surface area contributed by atoms with Crippen molar-refractivity contribution in [3.8, 4) is 18.1 Å². The Hall–Kier alpha value is -5.85. The molecule has 58 heavy (non-hydrogen) atoms. The Morgan fingerprint density at radius 2 is 1.79 bits per heavy atom. The number of carboxylic acids is 1. The second-order valence-electron chi connectivity index (χ2n) is 13.9. The maximum absolute atomic E-state index is 14.1. The van der Waals surface area contributed by atoms with Gasteiger partial charge in [-0.15, -0.1) is 18.2 Å². The van der Waals surface area contributed by atoms with Crippen LogP contribution in [0.3, 0.4) is 0 Å². The zero-order valence-electron chi connectivity index (χ0n) is 32.2. The second-order valence-corrected chi connectivity index (χ2v) is 15.0. The minimum absolute atomic E-state index is 0.0426. The molecule has 0 aliphatic carbocycles. The fourth-order valence-corrected chi connectivity index (χ4v) is 7.56. The molecule has 4 rings (SSSR count). The number of nitrogens with zero attached hydrogens (tertiary/aromatic N) is 1. The van der Waals surface area contributed by atoms with Crippen LogP contribution in [0.15, 0.2) is 23.2 Å². The number of β-amino-alcohol motifs (C(OH)–C–C–N with tert-alkyl or cyclic N) is 1. The number of rotatable bonds is 10. The number of thioether (sulfide) groups is 1. The van der Waals surface area contributed by atoms with Crippen molar-refractivity contribution in [3.05, 3.63) is 23.8 Å². The molecule has 0 unspecified atom stereocenters. The molecule has 3 heterocycles. The van der Waals surface area contributed by atoms with Gasteiger partial charge in [0.1, 0.15) is 29.9 Å². The molecule has 1 aromatic heterocycles. The van der Waals surface area contributed by atoms with Crippen molar-refractivity contribution in [1.82, 2.24) is 41.8 Å². The first-order valence-corrected chi connectivity index (χ1v) is 19.5. The van der Waals surface area contributed by atoms with Crippen LogP contribution in [0.1, 0.15) is 38.7 Å². The highest BCUT2D eigenvalue weighted by Gasteiger charge is 2.42. The largest absolute Gasteiger partial charge is 0.497 e. The van der Waals surface area contributed by atoms with Crippen molar-refractivity contribution >= 4 is 70.0 Å². The summed E-state index contributed by atoms with van der Waals surface area (Å²) in [7, 11) is 1.48. The Bertz CT molecular complexity index is 1950. The number of fused-ring (bicyclic) bond motifs is 3. The van der Waals surface area contributed by atoms with E-state index in [4.69, 9.17) is 16.9 Å². The Morgan fingerprint density at radius 3 is 2.45 bits per heavy atom. The number of aromatic nitrogens is 1. The average molecular weight is 828 g/mol. The van der Waals surface area contributed by atoms with Crippen LogP contribution in [0.25, 0.3) is 10.9 Å². The van der Waals surface area contributed by atoms with Gasteiger partial charge in [0.25, 0.3) is 0 Å². The quantitative estimate of drug-likeness (QED) is 0.108. The topological polar surface area (TPSA) is 303 Å². The lowest BCUT2D eigenvalue weighted by atomic mass is 9.98. The van der Waals surface area contributed by atoms with Crippen LogP contribution in [0.2, 0.25) is 0 Å². The minimum Gasteiger partial charge on any atom is -0.497 e. The van der Waals surface area contributed by atoms with Gasteiger partial charge in [0.05, 0.1) is 55.9 Å². The third-order valence-electron chi connectivity index (χ3n) is 9.78. The number of nitrogens with one attached hydrogen (secondary N) is 7. The molecule has 11 N–H and O–H groups in total. The van der Waals surface area contributed by atoms with Crippen molar-refractivity contribution in [2.75, 3.05) is 39.0 Å². The van der Waals surface area contributed by atoms with Crippen LogP contribution in [-0.2, 0) is 44.8 Å². The van der Waals surface area contributed by atoms with Crippen molar-refractivity contribution in [2.24, 2.45) is 11.7 Å². The van der Waals surface area contributed by atoms with E-state index in [1.165, 1.54) is 7.11 Å². The average Bonchev–Trinajstić information content (AvgIpc) is 3.76. The molecule has 1 fully saturated rings. The number of amides is 7. The Morgan fingerprint density at radius 1 is 1.10 bits per heavy atom. The highest BCUT2D eigenvalue weighted by molar-refractivity contribution is 7.99. The lowest BCUT2D eigenvalue weighted by molar-refractivity contribution is -0.149. The molecule has 2 aliphatic rings. The first-order chi connectivity index (χ1) is 27.6. The van der Waals surface area contributed by atoms with Crippen molar-refractivity contribution in [3.63, 3.8) is 0 Å². The molecule has 0 bridgehead atoms. The predicted molar refractivity (Wildman–Crippen MR) is 209 cm³/mol. The number of carbonyl (C=O) groups excluding carboxylic acids is 7. The monoisotopic (exact) mass is 827 g/mol. The van der Waals surface area contributed by atoms with Gasteiger partial charge < -0.3 is 62.5 Å². The van der Waals surface area contributed by atoms with Crippen LogP contribution in [0.5, 0.6) is 5.75 Å². The highest BCUT2D eigenvalue weighted by Crippen LogP contribution is 2.33. The molecule has 0 radical (unpaired) electrons. The summed E-state index contributed by atoms with van der Waals surface area (Å²) >= 11 is 1.05. The molecule has 2 aromatic rings. The number of hydrogen-bond donors (Lipinski definition) is 10. The second kappa shape index (κ2) is 20.5. The number of ether oxygens (including phenoxy) is 1. The van der Waals surface area contributed by atoms with Crippen molar-refractivity contribution < 1.29 is 53.3 Å². The van der Waals surface area contributed by atoms with Crippen molar-refractivity contribution in [1.29, 1.82) is 0 Å².